The van der Waals surface area contributed by atoms with Crippen LogP contribution >= 0.6 is 0 Å². The lowest BCUT2D eigenvalue weighted by Crippen LogP contribution is -2.39. The summed E-state index contributed by atoms with van der Waals surface area (Å²) in [6.45, 7) is 0.134. The van der Waals surface area contributed by atoms with E-state index in [-0.39, 0.29) is 18.9 Å². The van der Waals surface area contributed by atoms with Crippen LogP contribution in [0.3, 0.4) is 0 Å². The number of carbonyl (C=O) groups is 1. The zero-order chi connectivity index (χ0) is 16.2. The molecule has 1 fully saturated rings. The molecule has 120 valence electrons. The van der Waals surface area contributed by atoms with Crippen molar-refractivity contribution >= 4 is 5.91 Å². The number of para-hydroxylation sites is 1. The van der Waals surface area contributed by atoms with Gasteiger partial charge in [-0.3, -0.25) is 4.79 Å². The molecule has 23 heavy (non-hydrogen) atoms. The van der Waals surface area contributed by atoms with Crippen LogP contribution in [0.4, 0.5) is 0 Å². The van der Waals surface area contributed by atoms with E-state index in [0.717, 1.165) is 11.3 Å². The van der Waals surface area contributed by atoms with Crippen molar-refractivity contribution in [2.24, 2.45) is 0 Å². The summed E-state index contributed by atoms with van der Waals surface area (Å²) >= 11 is 0. The summed E-state index contributed by atoms with van der Waals surface area (Å²) in [5.41, 5.74) is 0.923. The number of hydrogen-bond acceptors (Lipinski definition) is 4. The van der Waals surface area contributed by atoms with Gasteiger partial charge < -0.3 is 19.8 Å². The van der Waals surface area contributed by atoms with Gasteiger partial charge in [0.05, 0.1) is 25.2 Å². The Morgan fingerprint density at radius 1 is 1.04 bits per heavy atom. The molecule has 0 aromatic heterocycles. The Morgan fingerprint density at radius 2 is 1.70 bits per heavy atom. The molecule has 2 aromatic rings. The lowest BCUT2D eigenvalue weighted by Gasteiger charge is -2.24. The molecule has 2 unspecified atom stereocenters. The van der Waals surface area contributed by atoms with E-state index in [1.54, 1.807) is 0 Å². The van der Waals surface area contributed by atoms with E-state index in [1.807, 2.05) is 54.6 Å². The van der Waals surface area contributed by atoms with Gasteiger partial charge >= 0.3 is 0 Å². The third kappa shape index (κ3) is 3.52. The molecule has 1 heterocycles. The van der Waals surface area contributed by atoms with Gasteiger partial charge in [0.15, 0.2) is 0 Å². The van der Waals surface area contributed by atoms with Crippen molar-refractivity contribution in [3.8, 4) is 11.5 Å². The summed E-state index contributed by atoms with van der Waals surface area (Å²) < 4.78 is 5.72. The van der Waals surface area contributed by atoms with Gasteiger partial charge in [0, 0.05) is 6.54 Å². The van der Waals surface area contributed by atoms with E-state index in [1.165, 1.54) is 4.90 Å². The molecule has 0 saturated carbocycles. The quantitative estimate of drug-likeness (QED) is 0.885. The molecule has 1 aliphatic rings. The molecule has 5 nitrogen and oxygen atoms in total. The van der Waals surface area contributed by atoms with Crippen molar-refractivity contribution in [1.82, 2.24) is 4.90 Å². The van der Waals surface area contributed by atoms with E-state index < -0.39 is 12.1 Å². The van der Waals surface area contributed by atoms with Crippen LogP contribution in [-0.2, 0) is 11.3 Å². The zero-order valence-electron chi connectivity index (χ0n) is 12.6. The van der Waals surface area contributed by atoms with Gasteiger partial charge in [0.1, 0.15) is 11.5 Å². The highest BCUT2D eigenvalue weighted by molar-refractivity contribution is 5.79. The SMILES string of the molecule is O=C1CC(O)C(CO)N1Cc1ccc(Oc2ccccc2)cc1. The van der Waals surface area contributed by atoms with Crippen LogP contribution in [0.1, 0.15) is 12.0 Å². The Hall–Kier alpha value is -2.37. The molecule has 0 spiro atoms. The van der Waals surface area contributed by atoms with E-state index >= 15 is 0 Å². The van der Waals surface area contributed by atoms with Gasteiger partial charge in [0.2, 0.25) is 5.91 Å². The second kappa shape index (κ2) is 6.81. The Kier molecular flexibility index (Phi) is 4.60. The van der Waals surface area contributed by atoms with E-state index in [4.69, 9.17) is 4.74 Å². The van der Waals surface area contributed by atoms with Crippen LogP contribution in [0, 0.1) is 0 Å². The minimum Gasteiger partial charge on any atom is -0.457 e. The first-order valence-electron chi connectivity index (χ1n) is 7.57. The number of rotatable bonds is 5. The number of likely N-dealkylation sites (tertiary alicyclic amines) is 1. The Morgan fingerprint density at radius 3 is 2.35 bits per heavy atom. The van der Waals surface area contributed by atoms with Gasteiger partial charge in [-0.2, -0.15) is 0 Å². The summed E-state index contributed by atoms with van der Waals surface area (Å²) in [5, 5.41) is 19.1. The minimum absolute atomic E-state index is 0.0699. The second-order valence-electron chi connectivity index (χ2n) is 5.60. The van der Waals surface area contributed by atoms with Crippen molar-refractivity contribution in [1.29, 1.82) is 0 Å². The molecule has 2 atom stereocenters. The third-order valence-corrected chi connectivity index (χ3v) is 3.99. The number of aliphatic hydroxyl groups is 2. The predicted octanol–water partition coefficient (Wildman–Crippen LogP) is 1.93. The Balaban J connectivity index is 1.67. The van der Waals surface area contributed by atoms with Gasteiger partial charge in [-0.1, -0.05) is 30.3 Å². The number of aliphatic hydroxyl groups excluding tert-OH is 2. The van der Waals surface area contributed by atoms with E-state index in [9.17, 15) is 15.0 Å². The monoisotopic (exact) mass is 313 g/mol. The number of ether oxygens (including phenoxy) is 1. The topological polar surface area (TPSA) is 70.0 Å². The summed E-state index contributed by atoms with van der Waals surface area (Å²) in [6, 6.07) is 16.4. The largest absolute Gasteiger partial charge is 0.457 e. The van der Waals surface area contributed by atoms with Crippen molar-refractivity contribution < 1.29 is 19.7 Å². The highest BCUT2D eigenvalue weighted by Crippen LogP contribution is 2.24. The van der Waals surface area contributed by atoms with E-state index in [2.05, 4.69) is 0 Å². The normalized spacial score (nSPS) is 20.8. The standard InChI is InChI=1S/C18H19NO4/c20-12-16-17(21)10-18(22)19(16)11-13-6-8-15(9-7-13)23-14-4-2-1-3-5-14/h1-9,16-17,20-21H,10-12H2. The van der Waals surface area contributed by atoms with Crippen molar-refractivity contribution in [2.75, 3.05) is 6.61 Å². The highest BCUT2D eigenvalue weighted by Gasteiger charge is 2.37. The molecule has 3 rings (SSSR count). The third-order valence-electron chi connectivity index (χ3n) is 3.99. The summed E-state index contributed by atoms with van der Waals surface area (Å²) in [4.78, 5) is 13.4. The molecular formula is C18H19NO4. The molecule has 1 amide bonds. The average molecular weight is 313 g/mol. The molecule has 5 heteroatoms. The van der Waals surface area contributed by atoms with Crippen LogP contribution in [-0.4, -0.2) is 39.8 Å². The van der Waals surface area contributed by atoms with Crippen LogP contribution in [0.5, 0.6) is 11.5 Å². The van der Waals surface area contributed by atoms with Crippen LogP contribution < -0.4 is 4.74 Å². The fourth-order valence-corrected chi connectivity index (χ4v) is 2.73. The van der Waals surface area contributed by atoms with E-state index in [0.29, 0.717) is 12.3 Å². The number of nitrogens with zero attached hydrogens (tertiary/aromatic N) is 1. The van der Waals surface area contributed by atoms with Crippen molar-refractivity contribution in [3.05, 3.63) is 60.2 Å². The van der Waals surface area contributed by atoms with Crippen molar-refractivity contribution in [3.63, 3.8) is 0 Å². The van der Waals surface area contributed by atoms with Crippen molar-refractivity contribution in [2.45, 2.75) is 25.1 Å². The molecule has 0 radical (unpaired) electrons. The molecule has 1 aliphatic heterocycles. The maximum Gasteiger partial charge on any atom is 0.225 e. The molecule has 1 saturated heterocycles. The van der Waals surface area contributed by atoms with Gasteiger partial charge in [-0.05, 0) is 29.8 Å². The second-order valence-corrected chi connectivity index (χ2v) is 5.60. The predicted molar refractivity (Wildman–Crippen MR) is 85.0 cm³/mol. The molecule has 0 bridgehead atoms. The van der Waals surface area contributed by atoms with Crippen LogP contribution in [0.2, 0.25) is 0 Å². The molecule has 0 aliphatic carbocycles. The molecule has 2 aromatic carbocycles. The first-order valence-corrected chi connectivity index (χ1v) is 7.57. The summed E-state index contributed by atoms with van der Waals surface area (Å²) in [5.74, 6) is 1.34. The maximum atomic E-state index is 11.9. The summed E-state index contributed by atoms with van der Waals surface area (Å²) in [7, 11) is 0. The lowest BCUT2D eigenvalue weighted by atomic mass is 10.1. The number of carbonyl (C=O) groups excluding carboxylic acids is 1. The number of hydrogen-bond donors (Lipinski definition) is 2. The van der Waals surface area contributed by atoms with Crippen LogP contribution in [0.15, 0.2) is 54.6 Å². The maximum absolute atomic E-state index is 11.9. The first kappa shape index (κ1) is 15.5. The number of benzene rings is 2. The first-order chi connectivity index (χ1) is 11.2. The highest BCUT2D eigenvalue weighted by atomic mass is 16.5. The smallest absolute Gasteiger partial charge is 0.225 e. The Labute approximate surface area is 134 Å². The molecular weight excluding hydrogens is 294 g/mol. The van der Waals surface area contributed by atoms with Gasteiger partial charge in [-0.15, -0.1) is 0 Å². The Bertz CT molecular complexity index is 656. The fraction of sp³-hybridized carbons (Fsp3) is 0.278. The fourth-order valence-electron chi connectivity index (χ4n) is 2.73. The molecule has 2 N–H and O–H groups in total. The average Bonchev–Trinajstić information content (AvgIpc) is 2.83. The summed E-state index contributed by atoms with van der Waals surface area (Å²) in [6.07, 6.45) is -0.728. The zero-order valence-corrected chi connectivity index (χ0v) is 12.6. The van der Waals surface area contributed by atoms with Gasteiger partial charge in [0.25, 0.3) is 0 Å². The lowest BCUT2D eigenvalue weighted by molar-refractivity contribution is -0.130. The van der Waals surface area contributed by atoms with Crippen LogP contribution in [0.25, 0.3) is 0 Å². The minimum atomic E-state index is -0.798. The van der Waals surface area contributed by atoms with Gasteiger partial charge in [-0.25, -0.2) is 0 Å². The number of amides is 1.